The zero-order valence-electron chi connectivity index (χ0n) is 8.23. The molecule has 1 amide bonds. The molecule has 2 bridgehead atoms. The Morgan fingerprint density at radius 1 is 1.54 bits per heavy atom. The second-order valence-corrected chi connectivity index (χ2v) is 4.17. The summed E-state index contributed by atoms with van der Waals surface area (Å²) in [5.74, 6) is 0.918. The van der Waals surface area contributed by atoms with E-state index in [1.54, 1.807) is 4.90 Å². The van der Waals surface area contributed by atoms with Crippen molar-refractivity contribution in [2.45, 2.75) is 12.5 Å². The highest BCUT2D eigenvalue weighted by Crippen LogP contribution is 2.30. The lowest BCUT2D eigenvalue weighted by Crippen LogP contribution is -2.39. The number of likely N-dealkylation sites (N-methyl/N-ethyl adjacent to an activating group) is 1. The van der Waals surface area contributed by atoms with Gasteiger partial charge in [0.05, 0.1) is 6.54 Å². The Bertz CT molecular complexity index is 247. The molecule has 0 aromatic heterocycles. The van der Waals surface area contributed by atoms with Gasteiger partial charge in [0, 0.05) is 26.7 Å². The maximum absolute atomic E-state index is 11.4. The third-order valence-corrected chi connectivity index (χ3v) is 2.92. The van der Waals surface area contributed by atoms with Crippen LogP contribution in [0.2, 0.25) is 0 Å². The predicted octanol–water partition coefficient (Wildman–Crippen LogP) is 0.335. The van der Waals surface area contributed by atoms with Crippen LogP contribution in [-0.4, -0.2) is 48.9 Å². The lowest BCUT2D eigenvalue weighted by molar-refractivity contribution is -0.129. The van der Waals surface area contributed by atoms with Gasteiger partial charge in [-0.05, 0) is 12.3 Å². The highest BCUT2D eigenvalue weighted by Gasteiger charge is 2.34. The van der Waals surface area contributed by atoms with Crippen LogP contribution in [0.15, 0.2) is 12.2 Å². The predicted molar refractivity (Wildman–Crippen MR) is 51.3 cm³/mol. The molecule has 3 nitrogen and oxygen atoms in total. The summed E-state index contributed by atoms with van der Waals surface area (Å²) in [6.07, 6.45) is 5.74. The maximum Gasteiger partial charge on any atom is 0.236 e. The zero-order chi connectivity index (χ0) is 9.42. The van der Waals surface area contributed by atoms with Crippen molar-refractivity contribution in [3.63, 3.8) is 0 Å². The van der Waals surface area contributed by atoms with Gasteiger partial charge in [-0.1, -0.05) is 12.2 Å². The van der Waals surface area contributed by atoms with Gasteiger partial charge in [-0.3, -0.25) is 9.69 Å². The highest BCUT2D eigenvalue weighted by atomic mass is 16.2. The van der Waals surface area contributed by atoms with Gasteiger partial charge in [0.15, 0.2) is 0 Å². The van der Waals surface area contributed by atoms with Gasteiger partial charge >= 0.3 is 0 Å². The monoisotopic (exact) mass is 180 g/mol. The molecule has 2 atom stereocenters. The highest BCUT2D eigenvalue weighted by molar-refractivity contribution is 5.77. The molecule has 1 heterocycles. The molecule has 0 aromatic rings. The van der Waals surface area contributed by atoms with Crippen LogP contribution in [0.1, 0.15) is 6.42 Å². The fourth-order valence-corrected chi connectivity index (χ4v) is 2.09. The number of nitrogens with zero attached hydrogens (tertiary/aromatic N) is 2. The Hall–Kier alpha value is -0.830. The lowest BCUT2D eigenvalue weighted by Gasteiger charge is -2.24. The molecule has 0 radical (unpaired) electrons. The molecule has 0 spiro atoms. The standard InChI is InChI=1S/C10H16N2O/c1-11(2)10(13)7-12-6-8-3-4-9(12)5-8/h3-4,8-9H,5-7H2,1-2H3. The molecule has 3 heteroatoms. The first kappa shape index (κ1) is 8.75. The summed E-state index contributed by atoms with van der Waals surface area (Å²) in [6, 6.07) is 0.536. The molecule has 2 rings (SSSR count). The molecule has 13 heavy (non-hydrogen) atoms. The molecule has 1 fully saturated rings. The fraction of sp³-hybridized carbons (Fsp3) is 0.700. The number of fused-ring (bicyclic) bond motifs is 2. The van der Waals surface area contributed by atoms with Crippen molar-refractivity contribution in [3.8, 4) is 0 Å². The molecule has 2 aliphatic rings. The van der Waals surface area contributed by atoms with E-state index in [0.717, 1.165) is 6.54 Å². The normalized spacial score (nSPS) is 31.2. The summed E-state index contributed by atoms with van der Waals surface area (Å²) in [5.41, 5.74) is 0. The van der Waals surface area contributed by atoms with E-state index in [9.17, 15) is 4.79 Å². The van der Waals surface area contributed by atoms with Crippen molar-refractivity contribution in [2.24, 2.45) is 5.92 Å². The van der Waals surface area contributed by atoms with E-state index in [-0.39, 0.29) is 5.91 Å². The number of hydrogen-bond acceptors (Lipinski definition) is 2. The van der Waals surface area contributed by atoms with Gasteiger partial charge in [-0.2, -0.15) is 0 Å². The molecule has 1 aliphatic heterocycles. The first-order valence-electron chi connectivity index (χ1n) is 4.79. The summed E-state index contributed by atoms with van der Waals surface area (Å²) in [4.78, 5) is 15.4. The summed E-state index contributed by atoms with van der Waals surface area (Å²) in [5, 5.41) is 0. The summed E-state index contributed by atoms with van der Waals surface area (Å²) >= 11 is 0. The van der Waals surface area contributed by atoms with Crippen molar-refractivity contribution < 1.29 is 4.79 Å². The Balaban J connectivity index is 1.90. The first-order valence-corrected chi connectivity index (χ1v) is 4.79. The van der Waals surface area contributed by atoms with Gasteiger partial charge in [-0.25, -0.2) is 0 Å². The van der Waals surface area contributed by atoms with E-state index >= 15 is 0 Å². The molecule has 0 saturated carbocycles. The number of likely N-dealkylation sites (tertiary alicyclic amines) is 1. The van der Waals surface area contributed by atoms with Crippen molar-refractivity contribution >= 4 is 5.91 Å². The SMILES string of the molecule is CN(C)C(=O)CN1CC2C=CC1C2. The number of amides is 1. The van der Waals surface area contributed by atoms with E-state index < -0.39 is 0 Å². The van der Waals surface area contributed by atoms with E-state index in [1.165, 1.54) is 6.42 Å². The second-order valence-electron chi connectivity index (χ2n) is 4.17. The van der Waals surface area contributed by atoms with Crippen molar-refractivity contribution in [2.75, 3.05) is 27.2 Å². The lowest BCUT2D eigenvalue weighted by atomic mass is 10.2. The molecule has 72 valence electrons. The third kappa shape index (κ3) is 1.61. The number of hydrogen-bond donors (Lipinski definition) is 0. The average molecular weight is 180 g/mol. The zero-order valence-corrected chi connectivity index (χ0v) is 8.23. The van der Waals surface area contributed by atoms with Crippen molar-refractivity contribution in [1.29, 1.82) is 0 Å². The average Bonchev–Trinajstić information content (AvgIpc) is 2.64. The van der Waals surface area contributed by atoms with E-state index in [0.29, 0.717) is 18.5 Å². The van der Waals surface area contributed by atoms with E-state index in [1.807, 2.05) is 14.1 Å². The number of carbonyl (C=O) groups excluding carboxylic acids is 1. The number of rotatable bonds is 2. The van der Waals surface area contributed by atoms with Gasteiger partial charge in [-0.15, -0.1) is 0 Å². The van der Waals surface area contributed by atoms with Crippen LogP contribution in [0.25, 0.3) is 0 Å². The third-order valence-electron chi connectivity index (χ3n) is 2.92. The van der Waals surface area contributed by atoms with Crippen LogP contribution in [-0.2, 0) is 4.79 Å². The first-order chi connectivity index (χ1) is 6.16. The molecule has 1 saturated heterocycles. The second kappa shape index (κ2) is 3.14. The minimum absolute atomic E-state index is 0.209. The molecular weight excluding hydrogens is 164 g/mol. The fourth-order valence-electron chi connectivity index (χ4n) is 2.09. The van der Waals surface area contributed by atoms with Crippen LogP contribution in [0.5, 0.6) is 0 Å². The minimum atomic E-state index is 0.209. The Morgan fingerprint density at radius 3 is 2.77 bits per heavy atom. The van der Waals surface area contributed by atoms with Gasteiger partial charge < -0.3 is 4.90 Å². The smallest absolute Gasteiger partial charge is 0.236 e. The van der Waals surface area contributed by atoms with Gasteiger partial charge in [0.2, 0.25) is 5.91 Å². The Kier molecular flexibility index (Phi) is 2.12. The van der Waals surface area contributed by atoms with E-state index in [2.05, 4.69) is 17.1 Å². The Labute approximate surface area is 79.0 Å². The maximum atomic E-state index is 11.4. The molecule has 0 aromatic carbocycles. The van der Waals surface area contributed by atoms with Crippen LogP contribution in [0.3, 0.4) is 0 Å². The molecule has 1 aliphatic carbocycles. The quantitative estimate of drug-likeness (QED) is 0.572. The summed E-state index contributed by atoms with van der Waals surface area (Å²) < 4.78 is 0. The van der Waals surface area contributed by atoms with Crippen LogP contribution in [0, 0.1) is 5.92 Å². The van der Waals surface area contributed by atoms with Crippen LogP contribution >= 0.6 is 0 Å². The number of carbonyl (C=O) groups is 1. The van der Waals surface area contributed by atoms with Crippen LogP contribution in [0.4, 0.5) is 0 Å². The topological polar surface area (TPSA) is 23.6 Å². The van der Waals surface area contributed by atoms with Gasteiger partial charge in [0.25, 0.3) is 0 Å². The largest absolute Gasteiger partial charge is 0.348 e. The van der Waals surface area contributed by atoms with Gasteiger partial charge in [0.1, 0.15) is 0 Å². The van der Waals surface area contributed by atoms with Crippen molar-refractivity contribution in [1.82, 2.24) is 9.80 Å². The summed E-state index contributed by atoms with van der Waals surface area (Å²) in [6.45, 7) is 1.65. The molecule has 0 N–H and O–H groups in total. The Morgan fingerprint density at radius 2 is 2.31 bits per heavy atom. The van der Waals surface area contributed by atoms with Crippen molar-refractivity contribution in [3.05, 3.63) is 12.2 Å². The summed E-state index contributed by atoms with van der Waals surface area (Å²) in [7, 11) is 3.62. The molecule has 2 unspecified atom stereocenters. The minimum Gasteiger partial charge on any atom is -0.348 e. The van der Waals surface area contributed by atoms with Crippen LogP contribution < -0.4 is 0 Å². The molecular formula is C10H16N2O. The van der Waals surface area contributed by atoms with E-state index in [4.69, 9.17) is 0 Å².